The summed E-state index contributed by atoms with van der Waals surface area (Å²) in [5.41, 5.74) is 0. The van der Waals surface area contributed by atoms with E-state index in [1.165, 1.54) is 51.4 Å². The van der Waals surface area contributed by atoms with Crippen LogP contribution >= 0.6 is 7.82 Å². The van der Waals surface area contributed by atoms with Crippen molar-refractivity contribution in [3.05, 3.63) is 0 Å². The Labute approximate surface area is 180 Å². The van der Waals surface area contributed by atoms with Crippen LogP contribution in [0, 0.1) is 23.7 Å². The van der Waals surface area contributed by atoms with Crippen LogP contribution in [0.1, 0.15) is 106 Å². The molecule has 5 nitrogen and oxygen atoms in total. The fraction of sp³-hybridized carbons (Fsp3) is 1.00. The number of phosphoric acid groups is 1. The van der Waals surface area contributed by atoms with Crippen LogP contribution in [0.25, 0.3) is 0 Å². The molecule has 0 aliphatic rings. The van der Waals surface area contributed by atoms with E-state index in [9.17, 15) is 4.57 Å². The molecule has 0 aliphatic heterocycles. The van der Waals surface area contributed by atoms with Crippen LogP contribution in [0.15, 0.2) is 0 Å². The van der Waals surface area contributed by atoms with Crippen LogP contribution in [0.3, 0.4) is 0 Å². The lowest BCUT2D eigenvalue weighted by atomic mass is 9.90. The average molecular weight is 437 g/mol. The first-order valence-corrected chi connectivity index (χ1v) is 13.3. The molecule has 5 atom stereocenters. The van der Waals surface area contributed by atoms with E-state index >= 15 is 0 Å². The highest BCUT2D eigenvalue weighted by atomic mass is 31.2. The Hall–Kier alpha value is 0.0700. The molecule has 5 unspecified atom stereocenters. The minimum absolute atomic E-state index is 0.0554. The Balaban J connectivity index is 3.80. The molecular weight excluding hydrogens is 387 g/mol. The van der Waals surface area contributed by atoms with Gasteiger partial charge >= 0.3 is 7.82 Å². The predicted octanol–water partition coefficient (Wildman–Crippen LogP) is 6.96. The summed E-state index contributed by atoms with van der Waals surface area (Å²) in [6.45, 7) is 15.4. The second kappa shape index (κ2) is 15.8. The molecule has 0 rings (SSSR count). The van der Waals surface area contributed by atoms with Crippen LogP contribution in [0.5, 0.6) is 0 Å². The average Bonchev–Trinajstić information content (AvgIpc) is 2.57. The molecule has 0 fully saturated rings. The van der Waals surface area contributed by atoms with Gasteiger partial charge < -0.3 is 14.5 Å². The minimum atomic E-state index is -4.44. The van der Waals surface area contributed by atoms with Gasteiger partial charge in [0.05, 0.1) is 18.8 Å². The lowest BCUT2D eigenvalue weighted by Gasteiger charge is -2.23. The van der Waals surface area contributed by atoms with Gasteiger partial charge in [0.1, 0.15) is 0 Å². The van der Waals surface area contributed by atoms with Crippen LogP contribution < -0.4 is 0 Å². The highest BCUT2D eigenvalue weighted by Crippen LogP contribution is 2.37. The Morgan fingerprint density at radius 1 is 0.724 bits per heavy atom. The van der Waals surface area contributed by atoms with Gasteiger partial charge in [0, 0.05) is 0 Å². The van der Waals surface area contributed by atoms with Crippen molar-refractivity contribution in [2.45, 2.75) is 118 Å². The van der Waals surface area contributed by atoms with E-state index in [0.717, 1.165) is 24.2 Å². The van der Waals surface area contributed by atoms with Gasteiger partial charge in [-0.05, 0) is 43.9 Å². The molecule has 0 aromatic carbocycles. The van der Waals surface area contributed by atoms with Crippen molar-refractivity contribution < 1.29 is 23.6 Å². The lowest BCUT2D eigenvalue weighted by Crippen LogP contribution is -2.24. The molecule has 0 saturated heterocycles. The minimum Gasteiger partial charge on any atom is -0.376 e. The van der Waals surface area contributed by atoms with Gasteiger partial charge in [0.25, 0.3) is 0 Å². The largest absolute Gasteiger partial charge is 0.469 e. The number of phosphoric ester groups is 1. The fourth-order valence-corrected chi connectivity index (χ4v) is 4.25. The smallest absolute Gasteiger partial charge is 0.376 e. The highest BCUT2D eigenvalue weighted by Gasteiger charge is 2.21. The summed E-state index contributed by atoms with van der Waals surface area (Å²) in [6.07, 6.45) is 11.2. The van der Waals surface area contributed by atoms with Gasteiger partial charge in [-0.3, -0.25) is 4.52 Å². The van der Waals surface area contributed by atoms with Gasteiger partial charge in [0.15, 0.2) is 0 Å². The third kappa shape index (κ3) is 18.5. The Morgan fingerprint density at radius 3 is 1.62 bits per heavy atom. The van der Waals surface area contributed by atoms with Gasteiger partial charge in [-0.2, -0.15) is 0 Å². The van der Waals surface area contributed by atoms with Crippen molar-refractivity contribution >= 4 is 7.82 Å². The molecule has 0 heterocycles. The van der Waals surface area contributed by atoms with Gasteiger partial charge in [0.2, 0.25) is 0 Å². The molecule has 0 aromatic rings. The number of hydrogen-bond donors (Lipinski definition) is 2. The predicted molar refractivity (Wildman–Crippen MR) is 122 cm³/mol. The van der Waals surface area contributed by atoms with Crippen molar-refractivity contribution in [3.63, 3.8) is 0 Å². The molecule has 0 aliphatic carbocycles. The molecule has 0 saturated carbocycles. The Bertz CT molecular complexity index is 437. The standard InChI is InChI=1S/C23H49O5P/c1-18(2)11-8-12-19(3)13-9-14-20(4)15-10-16-21(5)23(7)27-17-22(6)28-29(24,25)26/h18-23H,8-17H2,1-7H3,(H2,24,25,26). The maximum Gasteiger partial charge on any atom is 0.469 e. The molecule has 176 valence electrons. The summed E-state index contributed by atoms with van der Waals surface area (Å²) < 4.78 is 21.2. The molecule has 2 N–H and O–H groups in total. The summed E-state index contributed by atoms with van der Waals surface area (Å²) in [5, 5.41) is 0. The SMILES string of the molecule is CC(C)CCCC(C)CCCC(C)CCCC(C)C(C)OCC(C)OP(=O)(O)O. The molecule has 0 aromatic heterocycles. The number of ether oxygens (including phenoxy) is 1. The molecule has 0 spiro atoms. The Morgan fingerprint density at radius 2 is 1.17 bits per heavy atom. The normalized spacial score (nSPS) is 17.9. The van der Waals surface area contributed by atoms with Gasteiger partial charge in [-0.1, -0.05) is 86.0 Å². The first-order valence-electron chi connectivity index (χ1n) is 11.8. The van der Waals surface area contributed by atoms with E-state index in [-0.39, 0.29) is 12.7 Å². The van der Waals surface area contributed by atoms with E-state index in [1.807, 2.05) is 6.92 Å². The van der Waals surface area contributed by atoms with Gasteiger partial charge in [-0.15, -0.1) is 0 Å². The molecule has 6 heteroatoms. The van der Waals surface area contributed by atoms with E-state index in [0.29, 0.717) is 5.92 Å². The van der Waals surface area contributed by atoms with E-state index in [4.69, 9.17) is 14.5 Å². The van der Waals surface area contributed by atoms with E-state index < -0.39 is 13.9 Å². The quantitative estimate of drug-likeness (QED) is 0.227. The first kappa shape index (κ1) is 29.1. The molecule has 0 bridgehead atoms. The van der Waals surface area contributed by atoms with Crippen molar-refractivity contribution in [1.82, 2.24) is 0 Å². The third-order valence-electron chi connectivity index (χ3n) is 5.94. The van der Waals surface area contributed by atoms with Crippen LogP contribution in [0.4, 0.5) is 0 Å². The second-order valence-electron chi connectivity index (χ2n) is 9.82. The Kier molecular flexibility index (Phi) is 15.8. The molecule has 29 heavy (non-hydrogen) atoms. The maximum atomic E-state index is 10.8. The van der Waals surface area contributed by atoms with Crippen molar-refractivity contribution in [2.24, 2.45) is 23.7 Å². The lowest BCUT2D eigenvalue weighted by molar-refractivity contribution is -0.0187. The summed E-state index contributed by atoms with van der Waals surface area (Å²) in [4.78, 5) is 17.6. The van der Waals surface area contributed by atoms with Crippen molar-refractivity contribution in [3.8, 4) is 0 Å². The highest BCUT2D eigenvalue weighted by molar-refractivity contribution is 7.46. The zero-order valence-corrected chi connectivity index (χ0v) is 21.0. The van der Waals surface area contributed by atoms with Crippen LogP contribution in [-0.4, -0.2) is 28.6 Å². The van der Waals surface area contributed by atoms with Crippen molar-refractivity contribution in [1.29, 1.82) is 0 Å². The zero-order chi connectivity index (χ0) is 22.4. The first-order chi connectivity index (χ1) is 13.4. The van der Waals surface area contributed by atoms with Crippen molar-refractivity contribution in [2.75, 3.05) is 6.61 Å². The number of hydrogen-bond acceptors (Lipinski definition) is 3. The summed E-state index contributed by atoms with van der Waals surface area (Å²) in [6, 6.07) is 0. The third-order valence-corrected chi connectivity index (χ3v) is 6.58. The zero-order valence-electron chi connectivity index (χ0n) is 20.1. The van der Waals surface area contributed by atoms with Crippen LogP contribution in [0.2, 0.25) is 0 Å². The summed E-state index contributed by atoms with van der Waals surface area (Å²) >= 11 is 0. The number of rotatable bonds is 18. The second-order valence-corrected chi connectivity index (χ2v) is 11.0. The fourth-order valence-electron chi connectivity index (χ4n) is 3.72. The van der Waals surface area contributed by atoms with E-state index in [2.05, 4.69) is 39.1 Å². The maximum absolute atomic E-state index is 10.8. The van der Waals surface area contributed by atoms with E-state index in [1.54, 1.807) is 6.92 Å². The monoisotopic (exact) mass is 436 g/mol. The molecular formula is C23H49O5P. The van der Waals surface area contributed by atoms with Crippen LogP contribution in [-0.2, 0) is 13.8 Å². The summed E-state index contributed by atoms with van der Waals surface area (Å²) in [7, 11) is -4.44. The van der Waals surface area contributed by atoms with Gasteiger partial charge in [-0.25, -0.2) is 4.57 Å². The molecule has 0 amide bonds. The summed E-state index contributed by atoms with van der Waals surface area (Å²) in [5.74, 6) is 2.88. The topological polar surface area (TPSA) is 76.0 Å². The molecule has 0 radical (unpaired) electrons.